The average molecular weight is 376 g/mol. The molecule has 0 aromatic heterocycles. The van der Waals surface area contributed by atoms with Crippen LogP contribution in [0.1, 0.15) is 37.6 Å². The Hall–Kier alpha value is -2.54. The molecule has 0 unspecified atom stereocenters. The Morgan fingerprint density at radius 2 is 1.73 bits per heavy atom. The lowest BCUT2D eigenvalue weighted by Gasteiger charge is -2.15. The van der Waals surface area contributed by atoms with Crippen LogP contribution in [-0.2, 0) is 10.0 Å². The van der Waals surface area contributed by atoms with E-state index in [0.717, 1.165) is 6.42 Å². The lowest BCUT2D eigenvalue weighted by molar-refractivity contribution is 0.0953. The van der Waals surface area contributed by atoms with Crippen LogP contribution >= 0.6 is 0 Å². The highest BCUT2D eigenvalue weighted by Crippen LogP contribution is 2.27. The molecule has 2 aromatic rings. The number of nitrogens with one attached hydrogen (secondary N) is 2. The highest BCUT2D eigenvalue weighted by atomic mass is 32.2. The predicted molar refractivity (Wildman–Crippen MR) is 102 cm³/mol. The maximum Gasteiger partial charge on any atom is 0.262 e. The van der Waals surface area contributed by atoms with Crippen molar-refractivity contribution in [2.75, 3.05) is 11.3 Å². The van der Waals surface area contributed by atoms with Crippen LogP contribution < -0.4 is 14.8 Å². The standard InChI is InChI=1S/C19H24N2O4S/c1-4-13-20-19(22)15-9-11-16(12-10-15)26(23,24)21-17-7-5-6-8-18(17)25-14(2)3/h5-12,14,21H,4,13H2,1-3H3,(H,20,22). The number of carbonyl (C=O) groups is 1. The number of anilines is 1. The maximum absolute atomic E-state index is 12.6. The molecule has 6 nitrogen and oxygen atoms in total. The highest BCUT2D eigenvalue weighted by molar-refractivity contribution is 7.92. The fraction of sp³-hybridized carbons (Fsp3) is 0.316. The molecule has 0 bridgehead atoms. The summed E-state index contributed by atoms with van der Waals surface area (Å²) >= 11 is 0. The number of carbonyl (C=O) groups excluding carboxylic acids is 1. The van der Waals surface area contributed by atoms with Crippen molar-refractivity contribution in [3.63, 3.8) is 0 Å². The van der Waals surface area contributed by atoms with Crippen LogP contribution in [0.2, 0.25) is 0 Å². The summed E-state index contributed by atoms with van der Waals surface area (Å²) in [4.78, 5) is 12.0. The van der Waals surface area contributed by atoms with E-state index in [2.05, 4.69) is 10.0 Å². The van der Waals surface area contributed by atoms with Gasteiger partial charge in [0.05, 0.1) is 16.7 Å². The van der Waals surface area contributed by atoms with Crippen LogP contribution in [0.25, 0.3) is 0 Å². The third-order valence-corrected chi connectivity index (χ3v) is 4.84. The third-order valence-electron chi connectivity index (χ3n) is 3.46. The Labute approximate surface area is 154 Å². The summed E-state index contributed by atoms with van der Waals surface area (Å²) in [6, 6.07) is 12.7. The van der Waals surface area contributed by atoms with Gasteiger partial charge in [-0.15, -0.1) is 0 Å². The number of sulfonamides is 1. The zero-order valence-electron chi connectivity index (χ0n) is 15.2. The quantitative estimate of drug-likeness (QED) is 0.739. The molecule has 2 rings (SSSR count). The summed E-state index contributed by atoms with van der Waals surface area (Å²) in [6.45, 7) is 6.27. The summed E-state index contributed by atoms with van der Waals surface area (Å²) in [5.74, 6) is 0.237. The van der Waals surface area contributed by atoms with Crippen LogP contribution in [-0.4, -0.2) is 27.0 Å². The van der Waals surface area contributed by atoms with E-state index >= 15 is 0 Å². The molecule has 2 N–H and O–H groups in total. The number of ether oxygens (including phenoxy) is 1. The molecule has 26 heavy (non-hydrogen) atoms. The zero-order valence-corrected chi connectivity index (χ0v) is 16.0. The second-order valence-electron chi connectivity index (χ2n) is 6.05. The van der Waals surface area contributed by atoms with Crippen molar-refractivity contribution < 1.29 is 17.9 Å². The molecule has 0 spiro atoms. The summed E-state index contributed by atoms with van der Waals surface area (Å²) in [7, 11) is -3.79. The summed E-state index contributed by atoms with van der Waals surface area (Å²) in [6.07, 6.45) is 0.751. The fourth-order valence-electron chi connectivity index (χ4n) is 2.24. The van der Waals surface area contributed by atoms with Gasteiger partial charge in [0.25, 0.3) is 15.9 Å². The molecule has 1 amide bonds. The van der Waals surface area contributed by atoms with E-state index in [9.17, 15) is 13.2 Å². The molecular weight excluding hydrogens is 352 g/mol. The van der Waals surface area contributed by atoms with Gasteiger partial charge in [-0.1, -0.05) is 19.1 Å². The van der Waals surface area contributed by atoms with Gasteiger partial charge < -0.3 is 10.1 Å². The van der Waals surface area contributed by atoms with E-state index in [1.165, 1.54) is 24.3 Å². The van der Waals surface area contributed by atoms with Crippen molar-refractivity contribution in [1.82, 2.24) is 5.32 Å². The Kier molecular flexibility index (Phi) is 6.63. The van der Waals surface area contributed by atoms with Gasteiger partial charge in [0.15, 0.2) is 0 Å². The molecule has 0 heterocycles. The molecular formula is C19H24N2O4S. The van der Waals surface area contributed by atoms with Gasteiger partial charge in [0, 0.05) is 12.1 Å². The SMILES string of the molecule is CCCNC(=O)c1ccc(S(=O)(=O)Nc2ccccc2OC(C)C)cc1. The second-order valence-corrected chi connectivity index (χ2v) is 7.73. The first-order valence-electron chi connectivity index (χ1n) is 8.50. The molecule has 2 aromatic carbocycles. The number of amides is 1. The van der Waals surface area contributed by atoms with Crippen LogP contribution in [0.5, 0.6) is 5.75 Å². The first kappa shape index (κ1) is 19.8. The largest absolute Gasteiger partial charge is 0.489 e. The minimum atomic E-state index is -3.79. The first-order chi connectivity index (χ1) is 12.3. The molecule has 0 fully saturated rings. The molecule has 0 aliphatic rings. The van der Waals surface area contributed by atoms with Crippen LogP contribution in [0, 0.1) is 0 Å². The maximum atomic E-state index is 12.6. The zero-order chi connectivity index (χ0) is 19.2. The van der Waals surface area contributed by atoms with Gasteiger partial charge in [-0.25, -0.2) is 8.42 Å². The van der Waals surface area contributed by atoms with E-state index in [4.69, 9.17) is 4.74 Å². The third kappa shape index (κ3) is 5.23. The molecule has 140 valence electrons. The molecule has 0 aliphatic carbocycles. The molecule has 0 saturated heterocycles. The Balaban J connectivity index is 2.19. The van der Waals surface area contributed by atoms with Crippen molar-refractivity contribution in [2.45, 2.75) is 38.2 Å². The van der Waals surface area contributed by atoms with Gasteiger partial charge in [-0.2, -0.15) is 0 Å². The summed E-state index contributed by atoms with van der Waals surface area (Å²) in [5, 5.41) is 2.75. The van der Waals surface area contributed by atoms with Crippen molar-refractivity contribution in [1.29, 1.82) is 0 Å². The Bertz CT molecular complexity index is 846. The number of para-hydroxylation sites is 2. The van der Waals surface area contributed by atoms with Gasteiger partial charge in [-0.3, -0.25) is 9.52 Å². The molecule has 0 saturated carbocycles. The van der Waals surface area contributed by atoms with Crippen LogP contribution in [0.3, 0.4) is 0 Å². The number of hydrogen-bond acceptors (Lipinski definition) is 4. The van der Waals surface area contributed by atoms with Gasteiger partial charge in [-0.05, 0) is 56.7 Å². The van der Waals surface area contributed by atoms with E-state index in [-0.39, 0.29) is 16.9 Å². The number of benzene rings is 2. The van der Waals surface area contributed by atoms with E-state index in [1.54, 1.807) is 24.3 Å². The lowest BCUT2D eigenvalue weighted by atomic mass is 10.2. The normalized spacial score (nSPS) is 11.2. The molecule has 0 atom stereocenters. The van der Waals surface area contributed by atoms with E-state index in [1.807, 2.05) is 20.8 Å². The van der Waals surface area contributed by atoms with Crippen molar-refractivity contribution in [3.8, 4) is 5.75 Å². The van der Waals surface area contributed by atoms with E-state index < -0.39 is 10.0 Å². The average Bonchev–Trinajstić information content (AvgIpc) is 2.61. The monoisotopic (exact) mass is 376 g/mol. The second kappa shape index (κ2) is 8.71. The smallest absolute Gasteiger partial charge is 0.262 e. The Morgan fingerprint density at radius 1 is 1.08 bits per heavy atom. The van der Waals surface area contributed by atoms with Crippen molar-refractivity contribution in [3.05, 3.63) is 54.1 Å². The number of hydrogen-bond donors (Lipinski definition) is 2. The minimum Gasteiger partial charge on any atom is -0.489 e. The molecule has 0 aliphatic heterocycles. The highest BCUT2D eigenvalue weighted by Gasteiger charge is 2.17. The molecule has 0 radical (unpaired) electrons. The van der Waals surface area contributed by atoms with Crippen LogP contribution in [0.4, 0.5) is 5.69 Å². The molecule has 7 heteroatoms. The van der Waals surface area contributed by atoms with Crippen molar-refractivity contribution in [2.24, 2.45) is 0 Å². The first-order valence-corrected chi connectivity index (χ1v) is 9.98. The van der Waals surface area contributed by atoms with Crippen molar-refractivity contribution >= 4 is 21.6 Å². The van der Waals surface area contributed by atoms with E-state index in [0.29, 0.717) is 23.5 Å². The van der Waals surface area contributed by atoms with Crippen LogP contribution in [0.15, 0.2) is 53.4 Å². The summed E-state index contributed by atoms with van der Waals surface area (Å²) < 4.78 is 33.4. The lowest BCUT2D eigenvalue weighted by Crippen LogP contribution is -2.24. The fourth-order valence-corrected chi connectivity index (χ4v) is 3.31. The van der Waals surface area contributed by atoms with Gasteiger partial charge in [0.1, 0.15) is 5.75 Å². The summed E-state index contributed by atoms with van der Waals surface area (Å²) in [5.41, 5.74) is 0.784. The van der Waals surface area contributed by atoms with Gasteiger partial charge >= 0.3 is 0 Å². The number of rotatable bonds is 8. The van der Waals surface area contributed by atoms with Gasteiger partial charge in [0.2, 0.25) is 0 Å². The predicted octanol–water partition coefficient (Wildman–Crippen LogP) is 3.41. The topological polar surface area (TPSA) is 84.5 Å². The minimum absolute atomic E-state index is 0.0730. The Morgan fingerprint density at radius 3 is 2.35 bits per heavy atom.